The van der Waals surface area contributed by atoms with Crippen molar-refractivity contribution in [3.63, 3.8) is 0 Å². The number of carbonyl (C=O) groups excluding carboxylic acids is 1. The number of carbonyl (C=O) groups is 1. The molecular formula is C11H20O2S. The minimum atomic E-state index is -0.286. The van der Waals surface area contributed by atoms with Crippen molar-refractivity contribution in [2.45, 2.75) is 32.6 Å². The second-order valence-electron chi connectivity index (χ2n) is 3.21. The molecule has 0 aromatic rings. The predicted molar refractivity (Wildman–Crippen MR) is 62.6 cm³/mol. The Kier molecular flexibility index (Phi) is 8.84. The highest BCUT2D eigenvalue weighted by atomic mass is 32.2. The molecule has 14 heavy (non-hydrogen) atoms. The van der Waals surface area contributed by atoms with Crippen LogP contribution in [0.4, 0.5) is 0 Å². The number of rotatable bonds is 8. The molecule has 0 fully saturated rings. The third-order valence-electron chi connectivity index (χ3n) is 1.89. The van der Waals surface area contributed by atoms with Gasteiger partial charge in [-0.25, -0.2) is 4.79 Å². The summed E-state index contributed by atoms with van der Waals surface area (Å²) in [6.07, 6.45) is 5.08. The molecule has 82 valence electrons. The SMILES string of the molecule is C=C(CSCCCCCC)C(=O)OC. The van der Waals surface area contributed by atoms with E-state index in [2.05, 4.69) is 18.2 Å². The molecule has 0 saturated heterocycles. The number of hydrogen-bond acceptors (Lipinski definition) is 3. The van der Waals surface area contributed by atoms with Crippen LogP contribution in [-0.2, 0) is 9.53 Å². The second-order valence-corrected chi connectivity index (χ2v) is 4.31. The minimum Gasteiger partial charge on any atom is -0.466 e. The number of thioether (sulfide) groups is 1. The molecule has 3 heteroatoms. The molecule has 0 N–H and O–H groups in total. The van der Waals surface area contributed by atoms with Crippen molar-refractivity contribution in [3.8, 4) is 0 Å². The van der Waals surface area contributed by atoms with E-state index in [4.69, 9.17) is 0 Å². The van der Waals surface area contributed by atoms with E-state index in [1.54, 1.807) is 11.8 Å². The molecule has 0 saturated carbocycles. The van der Waals surface area contributed by atoms with Gasteiger partial charge in [-0.15, -0.1) is 0 Å². The Balaban J connectivity index is 3.27. The van der Waals surface area contributed by atoms with Crippen LogP contribution in [0.15, 0.2) is 12.2 Å². The quantitative estimate of drug-likeness (QED) is 0.354. The first-order valence-electron chi connectivity index (χ1n) is 5.06. The highest BCUT2D eigenvalue weighted by Crippen LogP contribution is 2.11. The second kappa shape index (κ2) is 9.13. The molecule has 0 aliphatic rings. The molecule has 0 rings (SSSR count). The molecule has 0 aromatic heterocycles. The van der Waals surface area contributed by atoms with Crippen LogP contribution in [0.25, 0.3) is 0 Å². The zero-order valence-corrected chi connectivity index (χ0v) is 9.99. The molecule has 0 unspecified atom stereocenters. The Hall–Kier alpha value is -0.440. The van der Waals surface area contributed by atoms with Crippen LogP contribution in [0.5, 0.6) is 0 Å². The first kappa shape index (κ1) is 13.6. The molecule has 0 spiro atoms. The van der Waals surface area contributed by atoms with Crippen LogP contribution in [0.3, 0.4) is 0 Å². The zero-order chi connectivity index (χ0) is 10.8. The van der Waals surface area contributed by atoms with E-state index < -0.39 is 0 Å². The van der Waals surface area contributed by atoms with Gasteiger partial charge in [-0.05, 0) is 12.2 Å². The molecule has 0 heterocycles. The van der Waals surface area contributed by atoms with Crippen molar-refractivity contribution in [1.82, 2.24) is 0 Å². The lowest BCUT2D eigenvalue weighted by molar-refractivity contribution is -0.135. The van der Waals surface area contributed by atoms with Gasteiger partial charge in [0, 0.05) is 11.3 Å². The van der Waals surface area contributed by atoms with Gasteiger partial charge >= 0.3 is 5.97 Å². The van der Waals surface area contributed by atoms with Crippen molar-refractivity contribution in [3.05, 3.63) is 12.2 Å². The molecular weight excluding hydrogens is 196 g/mol. The number of hydrogen-bond donors (Lipinski definition) is 0. The summed E-state index contributed by atoms with van der Waals surface area (Å²) in [6, 6.07) is 0. The lowest BCUT2D eigenvalue weighted by Gasteiger charge is -2.03. The fraction of sp³-hybridized carbons (Fsp3) is 0.727. The lowest BCUT2D eigenvalue weighted by atomic mass is 10.2. The van der Waals surface area contributed by atoms with Gasteiger partial charge in [0.25, 0.3) is 0 Å². The summed E-state index contributed by atoms with van der Waals surface area (Å²) in [5.41, 5.74) is 0.563. The van der Waals surface area contributed by atoms with Gasteiger partial charge in [0.2, 0.25) is 0 Å². The van der Waals surface area contributed by atoms with Gasteiger partial charge in [0.15, 0.2) is 0 Å². The average molecular weight is 216 g/mol. The molecule has 2 nitrogen and oxygen atoms in total. The number of methoxy groups -OCH3 is 1. The summed E-state index contributed by atoms with van der Waals surface area (Å²) in [7, 11) is 1.39. The largest absolute Gasteiger partial charge is 0.466 e. The number of unbranched alkanes of at least 4 members (excludes halogenated alkanes) is 3. The summed E-state index contributed by atoms with van der Waals surface area (Å²) in [4.78, 5) is 10.9. The molecule has 0 aliphatic heterocycles. The van der Waals surface area contributed by atoms with Crippen LogP contribution >= 0.6 is 11.8 Å². The highest BCUT2D eigenvalue weighted by molar-refractivity contribution is 7.99. The maximum absolute atomic E-state index is 10.9. The van der Waals surface area contributed by atoms with Crippen LogP contribution in [0.1, 0.15) is 32.6 Å². The Bertz CT molecular complexity index is 178. The number of esters is 1. The third-order valence-corrected chi connectivity index (χ3v) is 3.02. The molecule has 0 atom stereocenters. The van der Waals surface area contributed by atoms with Crippen LogP contribution in [0.2, 0.25) is 0 Å². The first-order valence-corrected chi connectivity index (χ1v) is 6.21. The molecule has 0 radical (unpaired) electrons. The van der Waals surface area contributed by atoms with Gasteiger partial charge in [0.05, 0.1) is 7.11 Å². The fourth-order valence-corrected chi connectivity index (χ4v) is 1.95. The van der Waals surface area contributed by atoms with Crippen molar-refractivity contribution < 1.29 is 9.53 Å². The van der Waals surface area contributed by atoms with E-state index in [0.717, 1.165) is 5.75 Å². The summed E-state index contributed by atoms with van der Waals surface area (Å²) in [6.45, 7) is 5.86. The van der Waals surface area contributed by atoms with Gasteiger partial charge in [-0.2, -0.15) is 11.8 Å². The van der Waals surface area contributed by atoms with Crippen LogP contribution in [-0.4, -0.2) is 24.6 Å². The maximum atomic E-state index is 10.9. The monoisotopic (exact) mass is 216 g/mol. The highest BCUT2D eigenvalue weighted by Gasteiger charge is 2.05. The van der Waals surface area contributed by atoms with E-state index in [0.29, 0.717) is 11.3 Å². The topological polar surface area (TPSA) is 26.3 Å². The summed E-state index contributed by atoms with van der Waals surface area (Å²) >= 11 is 1.76. The van der Waals surface area contributed by atoms with E-state index >= 15 is 0 Å². The Morgan fingerprint density at radius 1 is 1.36 bits per heavy atom. The van der Waals surface area contributed by atoms with E-state index in [1.165, 1.54) is 32.8 Å². The third kappa shape index (κ3) is 7.01. The Morgan fingerprint density at radius 3 is 2.64 bits per heavy atom. The summed E-state index contributed by atoms with van der Waals surface area (Å²) < 4.78 is 4.56. The Labute approximate surface area is 91.1 Å². The minimum absolute atomic E-state index is 0.286. The lowest BCUT2D eigenvalue weighted by Crippen LogP contribution is -2.05. The van der Waals surface area contributed by atoms with E-state index in [9.17, 15) is 4.79 Å². The first-order chi connectivity index (χ1) is 6.72. The van der Waals surface area contributed by atoms with Gasteiger partial charge in [-0.3, -0.25) is 0 Å². The normalized spacial score (nSPS) is 9.86. The molecule has 0 aliphatic carbocycles. The molecule has 0 aromatic carbocycles. The van der Waals surface area contributed by atoms with E-state index in [1.807, 2.05) is 0 Å². The van der Waals surface area contributed by atoms with Gasteiger partial charge in [-0.1, -0.05) is 32.8 Å². The van der Waals surface area contributed by atoms with Crippen molar-refractivity contribution in [2.24, 2.45) is 0 Å². The predicted octanol–water partition coefficient (Wildman–Crippen LogP) is 3.03. The summed E-state index contributed by atoms with van der Waals surface area (Å²) in [5.74, 6) is 1.51. The molecule has 0 bridgehead atoms. The zero-order valence-electron chi connectivity index (χ0n) is 9.17. The van der Waals surface area contributed by atoms with Crippen molar-refractivity contribution in [1.29, 1.82) is 0 Å². The Morgan fingerprint density at radius 2 is 2.07 bits per heavy atom. The standard InChI is InChI=1S/C11H20O2S/c1-4-5-6-7-8-14-9-10(2)11(12)13-3/h2,4-9H2,1,3H3. The smallest absolute Gasteiger partial charge is 0.333 e. The molecule has 0 amide bonds. The number of ether oxygens (including phenoxy) is 1. The van der Waals surface area contributed by atoms with Gasteiger partial charge in [0.1, 0.15) is 0 Å². The van der Waals surface area contributed by atoms with Crippen molar-refractivity contribution in [2.75, 3.05) is 18.6 Å². The fourth-order valence-electron chi connectivity index (χ4n) is 1.03. The van der Waals surface area contributed by atoms with Crippen molar-refractivity contribution >= 4 is 17.7 Å². The van der Waals surface area contributed by atoms with E-state index in [-0.39, 0.29) is 5.97 Å². The summed E-state index contributed by atoms with van der Waals surface area (Å²) in [5, 5.41) is 0. The van der Waals surface area contributed by atoms with Crippen LogP contribution < -0.4 is 0 Å². The maximum Gasteiger partial charge on any atom is 0.333 e. The van der Waals surface area contributed by atoms with Crippen LogP contribution in [0, 0.1) is 0 Å². The van der Waals surface area contributed by atoms with Gasteiger partial charge < -0.3 is 4.74 Å². The average Bonchev–Trinajstić information content (AvgIpc) is 2.21.